The van der Waals surface area contributed by atoms with Crippen molar-refractivity contribution in [3.8, 4) is 5.75 Å². The molecule has 21 heavy (non-hydrogen) atoms. The molecule has 2 saturated carbocycles. The van der Waals surface area contributed by atoms with Crippen molar-refractivity contribution in [2.45, 2.75) is 46.1 Å². The molecule has 114 valence electrons. The fourth-order valence-corrected chi connectivity index (χ4v) is 4.45. The van der Waals surface area contributed by atoms with Gasteiger partial charge in [-0.3, -0.25) is 5.41 Å². The van der Waals surface area contributed by atoms with Crippen LogP contribution in [-0.4, -0.2) is 11.9 Å². The third-order valence-electron chi connectivity index (χ3n) is 6.21. The van der Waals surface area contributed by atoms with Gasteiger partial charge in [0.2, 0.25) is 0 Å². The highest BCUT2D eigenvalue weighted by molar-refractivity contribution is 6.31. The number of rotatable bonds is 3. The zero-order valence-electron chi connectivity index (χ0n) is 12.9. The van der Waals surface area contributed by atoms with E-state index < -0.39 is 0 Å². The Morgan fingerprint density at radius 1 is 1.38 bits per heavy atom. The quantitative estimate of drug-likeness (QED) is 0.649. The molecule has 0 aromatic heterocycles. The molecule has 1 aromatic rings. The Labute approximate surface area is 131 Å². The number of hydrogen-bond donors (Lipinski definition) is 2. The highest BCUT2D eigenvalue weighted by Gasteiger charge is 2.62. The van der Waals surface area contributed by atoms with E-state index >= 15 is 0 Å². The summed E-state index contributed by atoms with van der Waals surface area (Å²) in [4.78, 5) is 0. The normalized spacial score (nSPS) is 33.1. The second-order valence-electron chi connectivity index (χ2n) is 7.27. The van der Waals surface area contributed by atoms with E-state index in [-0.39, 0.29) is 17.4 Å². The summed E-state index contributed by atoms with van der Waals surface area (Å²) in [6.45, 7) is 7.07. The average molecular weight is 307 g/mol. The first-order valence-corrected chi connectivity index (χ1v) is 7.94. The molecule has 0 heterocycles. The van der Waals surface area contributed by atoms with Gasteiger partial charge in [0.25, 0.3) is 0 Å². The third-order valence-corrected chi connectivity index (χ3v) is 6.45. The third kappa shape index (κ3) is 2.05. The minimum atomic E-state index is 0.0000645. The summed E-state index contributed by atoms with van der Waals surface area (Å²) in [6.07, 6.45) is 3.77. The Hall–Kier alpha value is -1.22. The Bertz CT molecular complexity index is 598. The van der Waals surface area contributed by atoms with Gasteiger partial charge < -0.3 is 10.5 Å². The monoisotopic (exact) mass is 306 g/mol. The summed E-state index contributed by atoms with van der Waals surface area (Å²) in [5.41, 5.74) is 6.75. The van der Waals surface area contributed by atoms with Crippen LogP contribution in [0.25, 0.3) is 0 Å². The number of nitrogens with two attached hydrogens (primary N) is 1. The summed E-state index contributed by atoms with van der Waals surface area (Å²) in [6, 6.07) is 5.34. The zero-order valence-corrected chi connectivity index (χ0v) is 13.6. The lowest BCUT2D eigenvalue weighted by Crippen LogP contribution is -2.39. The van der Waals surface area contributed by atoms with E-state index in [1.54, 1.807) is 12.1 Å². The largest absolute Gasteiger partial charge is 0.489 e. The second-order valence-corrected chi connectivity index (χ2v) is 7.71. The van der Waals surface area contributed by atoms with Gasteiger partial charge in [-0.25, -0.2) is 0 Å². The van der Waals surface area contributed by atoms with Crippen LogP contribution in [0.5, 0.6) is 5.75 Å². The van der Waals surface area contributed by atoms with Crippen molar-refractivity contribution in [2.24, 2.45) is 22.5 Å². The molecule has 2 aliphatic carbocycles. The number of halogens is 1. The zero-order chi connectivity index (χ0) is 15.4. The molecule has 4 heteroatoms. The fourth-order valence-electron chi connectivity index (χ4n) is 4.28. The molecule has 3 N–H and O–H groups in total. The molecule has 0 saturated heterocycles. The van der Waals surface area contributed by atoms with Crippen molar-refractivity contribution in [1.29, 1.82) is 5.41 Å². The van der Waals surface area contributed by atoms with Crippen LogP contribution in [0.4, 0.5) is 0 Å². The predicted molar refractivity (Wildman–Crippen MR) is 86.1 cm³/mol. The number of nitrogens with one attached hydrogen (secondary N) is 1. The number of hydrogen-bond acceptors (Lipinski definition) is 2. The Morgan fingerprint density at radius 3 is 2.62 bits per heavy atom. The first-order valence-electron chi connectivity index (χ1n) is 7.56. The van der Waals surface area contributed by atoms with Gasteiger partial charge in [-0.2, -0.15) is 0 Å². The lowest BCUT2D eigenvalue weighted by Gasteiger charge is -2.39. The summed E-state index contributed by atoms with van der Waals surface area (Å²) in [5, 5.41) is 8.29. The Kier molecular flexibility index (Phi) is 3.25. The lowest BCUT2D eigenvalue weighted by molar-refractivity contribution is 0.0300. The predicted octanol–water partition coefficient (Wildman–Crippen LogP) is 4.22. The molecule has 2 bridgehead atoms. The van der Waals surface area contributed by atoms with Gasteiger partial charge in [0.1, 0.15) is 17.7 Å². The van der Waals surface area contributed by atoms with Crippen molar-refractivity contribution in [1.82, 2.24) is 0 Å². The SMILES string of the molecule is CC1(C)C2CCC1(C)C(Oc1ccc(Cl)cc1C(=N)N)C2. The van der Waals surface area contributed by atoms with Crippen molar-refractivity contribution in [2.75, 3.05) is 0 Å². The van der Waals surface area contributed by atoms with Gasteiger partial charge in [-0.15, -0.1) is 0 Å². The van der Waals surface area contributed by atoms with Crippen LogP contribution in [0.3, 0.4) is 0 Å². The van der Waals surface area contributed by atoms with E-state index in [0.29, 0.717) is 21.8 Å². The molecule has 2 aliphatic rings. The summed E-state index contributed by atoms with van der Waals surface area (Å²) in [7, 11) is 0. The second kappa shape index (κ2) is 4.64. The molecule has 0 amide bonds. The van der Waals surface area contributed by atoms with E-state index in [0.717, 1.165) is 12.3 Å². The van der Waals surface area contributed by atoms with E-state index in [2.05, 4.69) is 20.8 Å². The van der Waals surface area contributed by atoms with E-state index in [4.69, 9.17) is 27.5 Å². The maximum Gasteiger partial charge on any atom is 0.130 e. The molecule has 0 spiro atoms. The Morgan fingerprint density at radius 2 is 2.10 bits per heavy atom. The van der Waals surface area contributed by atoms with Gasteiger partial charge in [0.15, 0.2) is 0 Å². The molecular weight excluding hydrogens is 284 g/mol. The van der Waals surface area contributed by atoms with Crippen LogP contribution in [0.2, 0.25) is 5.02 Å². The van der Waals surface area contributed by atoms with Gasteiger partial charge in [0.05, 0.1) is 5.56 Å². The fraction of sp³-hybridized carbons (Fsp3) is 0.588. The van der Waals surface area contributed by atoms with Crippen molar-refractivity contribution < 1.29 is 4.74 Å². The number of amidine groups is 1. The van der Waals surface area contributed by atoms with Crippen LogP contribution in [0.15, 0.2) is 18.2 Å². The Balaban J connectivity index is 1.91. The van der Waals surface area contributed by atoms with Gasteiger partial charge in [0, 0.05) is 10.4 Å². The number of benzene rings is 1. The van der Waals surface area contributed by atoms with E-state index in [9.17, 15) is 0 Å². The van der Waals surface area contributed by atoms with Crippen molar-refractivity contribution in [3.05, 3.63) is 28.8 Å². The maximum atomic E-state index is 7.72. The smallest absolute Gasteiger partial charge is 0.130 e. The molecule has 0 aliphatic heterocycles. The number of fused-ring (bicyclic) bond motifs is 2. The number of ether oxygens (including phenoxy) is 1. The van der Waals surface area contributed by atoms with Gasteiger partial charge in [-0.1, -0.05) is 32.4 Å². The topological polar surface area (TPSA) is 59.1 Å². The van der Waals surface area contributed by atoms with Gasteiger partial charge in [-0.05, 0) is 48.8 Å². The van der Waals surface area contributed by atoms with Crippen LogP contribution in [-0.2, 0) is 0 Å². The van der Waals surface area contributed by atoms with Crippen LogP contribution < -0.4 is 10.5 Å². The van der Waals surface area contributed by atoms with Crippen molar-refractivity contribution in [3.63, 3.8) is 0 Å². The van der Waals surface area contributed by atoms with Crippen LogP contribution in [0.1, 0.15) is 45.6 Å². The standard InChI is InChI=1S/C17H23ClN2O/c1-16(2)10-6-7-17(16,3)14(8-10)21-13-5-4-11(18)9-12(13)15(19)20/h4-5,9-10,14H,6-8H2,1-3H3,(H3,19,20). The molecule has 3 atom stereocenters. The first-order chi connectivity index (χ1) is 9.75. The molecule has 3 unspecified atom stereocenters. The molecule has 2 fully saturated rings. The summed E-state index contributed by atoms with van der Waals surface area (Å²) in [5.74, 6) is 1.40. The first kappa shape index (κ1) is 14.7. The minimum absolute atomic E-state index is 0.0000645. The molecule has 1 aromatic carbocycles. The maximum absolute atomic E-state index is 7.72. The number of nitrogen functional groups attached to an aromatic ring is 1. The summed E-state index contributed by atoms with van der Waals surface area (Å²) < 4.78 is 6.32. The van der Waals surface area contributed by atoms with E-state index in [1.165, 1.54) is 12.8 Å². The molecule has 0 radical (unpaired) electrons. The summed E-state index contributed by atoms with van der Waals surface area (Å²) >= 11 is 6.01. The average Bonchev–Trinajstić information content (AvgIpc) is 2.73. The lowest BCUT2D eigenvalue weighted by atomic mass is 9.70. The highest BCUT2D eigenvalue weighted by atomic mass is 35.5. The van der Waals surface area contributed by atoms with Gasteiger partial charge >= 0.3 is 0 Å². The molecule has 3 nitrogen and oxygen atoms in total. The molecule has 3 rings (SSSR count). The van der Waals surface area contributed by atoms with E-state index in [1.807, 2.05) is 6.07 Å². The van der Waals surface area contributed by atoms with Crippen molar-refractivity contribution >= 4 is 17.4 Å². The highest BCUT2D eigenvalue weighted by Crippen LogP contribution is 2.66. The van der Waals surface area contributed by atoms with Crippen LogP contribution >= 0.6 is 11.6 Å². The van der Waals surface area contributed by atoms with Crippen LogP contribution in [0, 0.1) is 22.2 Å². The minimum Gasteiger partial charge on any atom is -0.489 e. The molecular formula is C17H23ClN2O.